The molecule has 30 heavy (non-hydrogen) atoms. The summed E-state index contributed by atoms with van der Waals surface area (Å²) in [4.78, 5) is 27.2. The second-order valence-electron chi connectivity index (χ2n) is 8.20. The maximum Gasteiger partial charge on any atom is 0.408 e. The van der Waals surface area contributed by atoms with Crippen LogP contribution in [0.25, 0.3) is 10.4 Å². The molecule has 0 aliphatic carbocycles. The molecular formula is C21H29N5O3S. The number of hydrogen-bond donors (Lipinski definition) is 4. The van der Waals surface area contributed by atoms with Crippen molar-refractivity contribution in [3.8, 4) is 10.4 Å². The van der Waals surface area contributed by atoms with Gasteiger partial charge in [0.25, 0.3) is 0 Å². The molecule has 1 saturated heterocycles. The number of nitrogens with two attached hydrogens (primary N) is 1. The summed E-state index contributed by atoms with van der Waals surface area (Å²) in [6.45, 7) is 6.90. The van der Waals surface area contributed by atoms with Crippen LogP contribution in [0.4, 0.5) is 21.0 Å². The lowest BCUT2D eigenvalue weighted by Crippen LogP contribution is -2.43. The fourth-order valence-corrected chi connectivity index (χ4v) is 3.87. The first-order chi connectivity index (χ1) is 14.2. The van der Waals surface area contributed by atoms with E-state index in [2.05, 4.69) is 16.0 Å². The number of nitrogen functional groups attached to an aromatic ring is 1. The van der Waals surface area contributed by atoms with Crippen LogP contribution in [0.5, 0.6) is 0 Å². The Morgan fingerprint density at radius 2 is 2.10 bits per heavy atom. The van der Waals surface area contributed by atoms with Gasteiger partial charge in [-0.3, -0.25) is 5.32 Å². The molecule has 8 nitrogen and oxygen atoms in total. The highest BCUT2D eigenvalue weighted by Gasteiger charge is 2.26. The molecule has 0 spiro atoms. The van der Waals surface area contributed by atoms with Gasteiger partial charge in [-0.2, -0.15) is 0 Å². The minimum Gasteiger partial charge on any atom is -0.444 e. The van der Waals surface area contributed by atoms with Gasteiger partial charge in [0.05, 0.1) is 18.0 Å². The Labute approximate surface area is 180 Å². The van der Waals surface area contributed by atoms with Crippen LogP contribution in [0.3, 0.4) is 0 Å². The number of carbonyl (C=O) groups is 2. The van der Waals surface area contributed by atoms with E-state index in [1.54, 1.807) is 22.3 Å². The van der Waals surface area contributed by atoms with Crippen LogP contribution in [0.15, 0.2) is 35.7 Å². The van der Waals surface area contributed by atoms with Crippen LogP contribution in [0, 0.1) is 0 Å². The van der Waals surface area contributed by atoms with Crippen molar-refractivity contribution in [2.24, 2.45) is 0 Å². The highest BCUT2D eigenvalue weighted by Crippen LogP contribution is 2.30. The van der Waals surface area contributed by atoms with Gasteiger partial charge in [0.1, 0.15) is 5.60 Å². The summed E-state index contributed by atoms with van der Waals surface area (Å²) in [6, 6.07) is 9.59. The van der Waals surface area contributed by atoms with Crippen molar-refractivity contribution >= 4 is 34.8 Å². The van der Waals surface area contributed by atoms with Gasteiger partial charge in [0.15, 0.2) is 0 Å². The number of ether oxygens (including phenoxy) is 1. The Kier molecular flexibility index (Phi) is 6.84. The van der Waals surface area contributed by atoms with E-state index < -0.39 is 11.7 Å². The van der Waals surface area contributed by atoms with Gasteiger partial charge in [-0.05, 0) is 56.3 Å². The van der Waals surface area contributed by atoms with E-state index in [4.69, 9.17) is 10.5 Å². The average molecular weight is 432 g/mol. The number of carbonyl (C=O) groups excluding carboxylic acids is 2. The molecule has 3 rings (SSSR count). The van der Waals surface area contributed by atoms with Crippen LogP contribution < -0.4 is 21.7 Å². The quantitative estimate of drug-likeness (QED) is 0.427. The molecule has 2 heterocycles. The van der Waals surface area contributed by atoms with Gasteiger partial charge in [0, 0.05) is 24.0 Å². The van der Waals surface area contributed by atoms with E-state index in [1.807, 2.05) is 50.4 Å². The van der Waals surface area contributed by atoms with Gasteiger partial charge >= 0.3 is 12.1 Å². The molecule has 0 bridgehead atoms. The molecule has 1 unspecified atom stereocenters. The second-order valence-corrected chi connectivity index (χ2v) is 9.15. The summed E-state index contributed by atoms with van der Waals surface area (Å²) in [5.74, 6) is 0. The predicted molar refractivity (Wildman–Crippen MR) is 121 cm³/mol. The van der Waals surface area contributed by atoms with Gasteiger partial charge in [-0.15, -0.1) is 11.3 Å². The first-order valence-corrected chi connectivity index (χ1v) is 10.8. The molecule has 3 amide bonds. The molecule has 5 N–H and O–H groups in total. The number of hydrogen-bond acceptors (Lipinski definition) is 6. The molecule has 1 fully saturated rings. The smallest absolute Gasteiger partial charge is 0.408 e. The molecule has 1 atom stereocenters. The third-order valence-corrected chi connectivity index (χ3v) is 5.52. The number of benzene rings is 1. The van der Waals surface area contributed by atoms with E-state index in [0.29, 0.717) is 24.5 Å². The lowest BCUT2D eigenvalue weighted by molar-refractivity contribution is 0.0522. The number of urea groups is 1. The summed E-state index contributed by atoms with van der Waals surface area (Å²) < 4.78 is 5.20. The number of thiophene rings is 1. The molecule has 2 aromatic rings. The normalized spacial score (nSPS) is 16.4. The Bertz CT molecular complexity index is 879. The molecule has 1 aromatic carbocycles. The van der Waals surface area contributed by atoms with E-state index in [9.17, 15) is 9.59 Å². The van der Waals surface area contributed by atoms with Crippen molar-refractivity contribution in [1.29, 1.82) is 0 Å². The zero-order valence-corrected chi connectivity index (χ0v) is 18.3. The first-order valence-electron chi connectivity index (χ1n) is 9.91. The fourth-order valence-electron chi connectivity index (χ4n) is 3.15. The summed E-state index contributed by atoms with van der Waals surface area (Å²) in [5, 5.41) is 10.8. The van der Waals surface area contributed by atoms with Crippen molar-refractivity contribution in [1.82, 2.24) is 15.5 Å². The SMILES string of the molecule is CC(C)(C)OC(=O)NCNC1CCN(C(=O)Nc2cc(-c3cccs3)ccc2N)C1. The average Bonchev–Trinajstić information content (AvgIpc) is 3.34. The van der Waals surface area contributed by atoms with Gasteiger partial charge in [-0.1, -0.05) is 12.1 Å². The van der Waals surface area contributed by atoms with Crippen LogP contribution in [-0.2, 0) is 4.74 Å². The molecule has 1 aromatic heterocycles. The lowest BCUT2D eigenvalue weighted by Gasteiger charge is -2.21. The van der Waals surface area contributed by atoms with E-state index >= 15 is 0 Å². The first kappa shape index (κ1) is 21.9. The summed E-state index contributed by atoms with van der Waals surface area (Å²) >= 11 is 1.64. The standard InChI is InChI=1S/C21H29N5O3S/c1-21(2,3)29-20(28)24-13-23-15-8-9-26(12-15)19(27)25-17-11-14(6-7-16(17)22)18-5-4-10-30-18/h4-7,10-11,15,23H,8-9,12-13,22H2,1-3H3,(H,24,28)(H,25,27). The highest BCUT2D eigenvalue weighted by molar-refractivity contribution is 7.13. The van der Waals surface area contributed by atoms with Crippen molar-refractivity contribution in [3.05, 3.63) is 35.7 Å². The Morgan fingerprint density at radius 1 is 1.30 bits per heavy atom. The van der Waals surface area contributed by atoms with Gasteiger partial charge in [-0.25, -0.2) is 9.59 Å². The van der Waals surface area contributed by atoms with Crippen LogP contribution in [0.1, 0.15) is 27.2 Å². The Morgan fingerprint density at radius 3 is 2.80 bits per heavy atom. The molecular weight excluding hydrogens is 402 g/mol. The zero-order chi connectivity index (χ0) is 21.7. The maximum atomic E-state index is 12.7. The summed E-state index contributed by atoms with van der Waals surface area (Å²) in [5.41, 5.74) is 7.68. The van der Waals surface area contributed by atoms with Crippen LogP contribution in [-0.4, -0.2) is 48.4 Å². The molecule has 1 aliphatic heterocycles. The van der Waals surface area contributed by atoms with E-state index in [0.717, 1.165) is 16.9 Å². The van der Waals surface area contributed by atoms with E-state index in [-0.39, 0.29) is 18.7 Å². The van der Waals surface area contributed by atoms with Crippen molar-refractivity contribution in [3.63, 3.8) is 0 Å². The minimum atomic E-state index is -0.533. The number of nitrogens with one attached hydrogen (secondary N) is 3. The maximum absolute atomic E-state index is 12.7. The molecule has 162 valence electrons. The number of rotatable bonds is 5. The minimum absolute atomic E-state index is 0.0977. The Balaban J connectivity index is 1.48. The number of alkyl carbamates (subject to hydrolysis) is 1. The highest BCUT2D eigenvalue weighted by atomic mass is 32.1. The number of anilines is 2. The summed E-state index contributed by atoms with van der Waals surface area (Å²) in [7, 11) is 0. The third kappa shape index (κ3) is 6.11. The molecule has 0 saturated carbocycles. The van der Waals surface area contributed by atoms with Crippen molar-refractivity contribution < 1.29 is 14.3 Å². The van der Waals surface area contributed by atoms with Gasteiger partial charge < -0.3 is 26.0 Å². The largest absolute Gasteiger partial charge is 0.444 e. The van der Waals surface area contributed by atoms with Crippen molar-refractivity contribution in [2.45, 2.75) is 38.8 Å². The number of amides is 3. The zero-order valence-electron chi connectivity index (χ0n) is 17.5. The van der Waals surface area contributed by atoms with E-state index in [1.165, 1.54) is 0 Å². The molecule has 9 heteroatoms. The Hall–Kier alpha value is -2.78. The van der Waals surface area contributed by atoms with Crippen LogP contribution in [0.2, 0.25) is 0 Å². The number of likely N-dealkylation sites (tertiary alicyclic amines) is 1. The lowest BCUT2D eigenvalue weighted by atomic mass is 10.1. The predicted octanol–water partition coefficient (Wildman–Crippen LogP) is 3.68. The molecule has 1 aliphatic rings. The number of nitrogens with zero attached hydrogens (tertiary/aromatic N) is 1. The van der Waals surface area contributed by atoms with Gasteiger partial charge in [0.2, 0.25) is 0 Å². The topological polar surface area (TPSA) is 109 Å². The molecule has 0 radical (unpaired) electrons. The monoisotopic (exact) mass is 431 g/mol. The van der Waals surface area contributed by atoms with Crippen molar-refractivity contribution in [2.75, 3.05) is 30.8 Å². The second kappa shape index (κ2) is 9.36. The summed E-state index contributed by atoms with van der Waals surface area (Å²) in [6.07, 6.45) is 0.331. The fraction of sp³-hybridized carbons (Fsp3) is 0.429. The third-order valence-electron chi connectivity index (χ3n) is 4.60. The van der Waals surface area contributed by atoms with Crippen LogP contribution >= 0.6 is 11.3 Å².